The monoisotopic (exact) mass is 426 g/mol. The minimum Gasteiger partial charge on any atom is -0.465 e. The highest BCUT2D eigenvalue weighted by molar-refractivity contribution is 7.22. The zero-order chi connectivity index (χ0) is 21.1. The number of hydrogen-bond acceptors (Lipinski definition) is 8. The molecule has 0 spiro atoms. The van der Waals surface area contributed by atoms with Gasteiger partial charge in [-0.05, 0) is 43.0 Å². The molecule has 1 fully saturated rings. The summed E-state index contributed by atoms with van der Waals surface area (Å²) >= 11 is 1.51. The van der Waals surface area contributed by atoms with Gasteiger partial charge in [0.1, 0.15) is 5.69 Å². The Bertz CT molecular complexity index is 1060. The number of fused-ring (bicyclic) bond motifs is 1. The summed E-state index contributed by atoms with van der Waals surface area (Å²) in [5, 5.41) is 13.0. The fourth-order valence-corrected chi connectivity index (χ4v) is 4.51. The number of hydrogen-bond donors (Lipinski definition) is 2. The SMILES string of the molecule is COC(=O)c1cc2nc(N3CCC(CO)CC3)sc2cc1NC(=O)c1ccccn1. The van der Waals surface area contributed by atoms with Gasteiger partial charge in [-0.3, -0.25) is 9.78 Å². The Morgan fingerprint density at radius 2 is 2.10 bits per heavy atom. The zero-order valence-electron chi connectivity index (χ0n) is 16.5. The smallest absolute Gasteiger partial charge is 0.340 e. The van der Waals surface area contributed by atoms with Crippen molar-refractivity contribution >= 4 is 44.2 Å². The molecule has 156 valence electrons. The molecule has 1 saturated heterocycles. The molecular formula is C21H22N4O4S. The molecule has 0 bridgehead atoms. The van der Waals surface area contributed by atoms with Gasteiger partial charge in [0.2, 0.25) is 0 Å². The molecule has 30 heavy (non-hydrogen) atoms. The average Bonchev–Trinajstić information content (AvgIpc) is 3.21. The van der Waals surface area contributed by atoms with Crippen LogP contribution in [-0.4, -0.2) is 53.8 Å². The molecule has 4 rings (SSSR count). The summed E-state index contributed by atoms with van der Waals surface area (Å²) in [5.41, 5.74) is 1.53. The van der Waals surface area contributed by atoms with Gasteiger partial charge in [0.15, 0.2) is 5.13 Å². The molecule has 2 N–H and O–H groups in total. The van der Waals surface area contributed by atoms with E-state index >= 15 is 0 Å². The summed E-state index contributed by atoms with van der Waals surface area (Å²) in [4.78, 5) is 35.8. The Balaban J connectivity index is 1.65. The third kappa shape index (κ3) is 4.12. The molecule has 3 aromatic rings. The molecule has 0 radical (unpaired) electrons. The standard InChI is InChI=1S/C21H22N4O4S/c1-29-20(28)14-10-17-18(11-16(14)23-19(27)15-4-2-3-7-22-15)30-21(24-17)25-8-5-13(12-26)6-9-25/h2-4,7,10-11,13,26H,5-6,8-9,12H2,1H3,(H,23,27). The first-order valence-electron chi connectivity index (χ1n) is 9.70. The van der Waals surface area contributed by atoms with Crippen LogP contribution in [0, 0.1) is 5.92 Å². The number of thiazole rings is 1. The Hall–Kier alpha value is -3.04. The summed E-state index contributed by atoms with van der Waals surface area (Å²) in [7, 11) is 1.30. The highest BCUT2D eigenvalue weighted by atomic mass is 32.1. The number of rotatable bonds is 5. The maximum absolute atomic E-state index is 12.6. The van der Waals surface area contributed by atoms with Crippen molar-refractivity contribution < 1.29 is 19.4 Å². The number of carbonyl (C=O) groups is 2. The summed E-state index contributed by atoms with van der Waals surface area (Å²) in [6, 6.07) is 8.46. The zero-order valence-corrected chi connectivity index (χ0v) is 17.3. The van der Waals surface area contributed by atoms with Gasteiger partial charge >= 0.3 is 5.97 Å². The molecule has 1 aliphatic rings. The topological polar surface area (TPSA) is 105 Å². The van der Waals surface area contributed by atoms with Gasteiger partial charge in [-0.15, -0.1) is 0 Å². The molecule has 1 aromatic carbocycles. The lowest BCUT2D eigenvalue weighted by molar-refractivity contribution is 0.0602. The number of esters is 1. The van der Waals surface area contributed by atoms with E-state index < -0.39 is 11.9 Å². The Morgan fingerprint density at radius 3 is 2.77 bits per heavy atom. The summed E-state index contributed by atoms with van der Waals surface area (Å²) in [6.45, 7) is 1.88. The number of ether oxygens (including phenoxy) is 1. The van der Waals surface area contributed by atoms with Crippen LogP contribution < -0.4 is 10.2 Å². The number of carbonyl (C=O) groups excluding carboxylic acids is 2. The van der Waals surface area contributed by atoms with Gasteiger partial charge in [-0.2, -0.15) is 0 Å². The number of aliphatic hydroxyl groups is 1. The van der Waals surface area contributed by atoms with Crippen molar-refractivity contribution in [2.45, 2.75) is 12.8 Å². The number of anilines is 2. The van der Waals surface area contributed by atoms with Gasteiger partial charge < -0.3 is 20.1 Å². The minimum absolute atomic E-state index is 0.218. The molecule has 9 heteroatoms. The van der Waals surface area contributed by atoms with Crippen LogP contribution in [0.4, 0.5) is 10.8 Å². The van der Waals surface area contributed by atoms with E-state index in [0.29, 0.717) is 17.1 Å². The Labute approximate surface area is 177 Å². The number of methoxy groups -OCH3 is 1. The van der Waals surface area contributed by atoms with Gasteiger partial charge in [0, 0.05) is 25.9 Å². The number of amides is 1. The van der Waals surface area contributed by atoms with Gasteiger partial charge in [-0.25, -0.2) is 9.78 Å². The molecule has 3 heterocycles. The second-order valence-corrected chi connectivity index (χ2v) is 8.14. The van der Waals surface area contributed by atoms with Gasteiger partial charge in [0.25, 0.3) is 5.91 Å². The Morgan fingerprint density at radius 1 is 1.30 bits per heavy atom. The van der Waals surface area contributed by atoms with Crippen LogP contribution in [0.25, 0.3) is 10.2 Å². The largest absolute Gasteiger partial charge is 0.465 e. The second kappa shape index (κ2) is 8.76. The molecule has 2 aromatic heterocycles. The van der Waals surface area contributed by atoms with E-state index in [-0.39, 0.29) is 17.9 Å². The van der Waals surface area contributed by atoms with E-state index in [2.05, 4.69) is 15.2 Å². The molecular weight excluding hydrogens is 404 g/mol. The number of piperidine rings is 1. The molecule has 0 atom stereocenters. The van der Waals surface area contributed by atoms with Crippen molar-refractivity contribution in [1.29, 1.82) is 0 Å². The van der Waals surface area contributed by atoms with Crippen molar-refractivity contribution in [3.05, 3.63) is 47.8 Å². The van der Waals surface area contributed by atoms with E-state index in [4.69, 9.17) is 9.72 Å². The van der Waals surface area contributed by atoms with Crippen LogP contribution in [0.5, 0.6) is 0 Å². The van der Waals surface area contributed by atoms with Crippen LogP contribution in [-0.2, 0) is 4.74 Å². The van der Waals surface area contributed by atoms with E-state index in [0.717, 1.165) is 35.8 Å². The second-order valence-electron chi connectivity index (χ2n) is 7.14. The van der Waals surface area contributed by atoms with Crippen LogP contribution >= 0.6 is 11.3 Å². The summed E-state index contributed by atoms with van der Waals surface area (Å²) in [6.07, 6.45) is 3.38. The third-order valence-electron chi connectivity index (χ3n) is 5.21. The molecule has 0 saturated carbocycles. The molecule has 0 aliphatic carbocycles. The Kier molecular flexibility index (Phi) is 5.91. The summed E-state index contributed by atoms with van der Waals surface area (Å²) in [5.74, 6) is -0.614. The third-order valence-corrected chi connectivity index (χ3v) is 6.29. The van der Waals surface area contributed by atoms with Crippen molar-refractivity contribution in [3.8, 4) is 0 Å². The number of nitrogens with zero attached hydrogens (tertiary/aromatic N) is 3. The van der Waals surface area contributed by atoms with Crippen molar-refractivity contribution in [2.75, 3.05) is 37.0 Å². The van der Waals surface area contributed by atoms with Crippen LogP contribution in [0.1, 0.15) is 33.7 Å². The van der Waals surface area contributed by atoms with Crippen molar-refractivity contribution in [3.63, 3.8) is 0 Å². The number of aromatic nitrogens is 2. The predicted octanol–water partition coefficient (Wildman–Crippen LogP) is 2.94. The minimum atomic E-state index is -0.550. The lowest BCUT2D eigenvalue weighted by Gasteiger charge is -2.30. The van der Waals surface area contributed by atoms with Crippen molar-refractivity contribution in [1.82, 2.24) is 9.97 Å². The highest BCUT2D eigenvalue weighted by Crippen LogP contribution is 2.35. The highest BCUT2D eigenvalue weighted by Gasteiger charge is 2.23. The summed E-state index contributed by atoms with van der Waals surface area (Å²) < 4.78 is 5.76. The van der Waals surface area contributed by atoms with E-state index in [1.165, 1.54) is 24.6 Å². The maximum atomic E-state index is 12.6. The number of pyridine rings is 1. The molecule has 1 aliphatic heterocycles. The first-order chi connectivity index (χ1) is 14.6. The maximum Gasteiger partial charge on any atom is 0.340 e. The normalized spacial score (nSPS) is 14.7. The lowest BCUT2D eigenvalue weighted by atomic mass is 9.98. The number of aliphatic hydroxyl groups excluding tert-OH is 1. The van der Waals surface area contributed by atoms with Gasteiger partial charge in [-0.1, -0.05) is 17.4 Å². The van der Waals surface area contributed by atoms with Gasteiger partial charge in [0.05, 0.1) is 28.6 Å². The van der Waals surface area contributed by atoms with E-state index in [1.54, 1.807) is 30.3 Å². The average molecular weight is 426 g/mol. The van der Waals surface area contributed by atoms with Crippen molar-refractivity contribution in [2.24, 2.45) is 5.92 Å². The molecule has 8 nitrogen and oxygen atoms in total. The number of benzene rings is 1. The molecule has 1 amide bonds. The van der Waals surface area contributed by atoms with E-state index in [1.807, 2.05) is 0 Å². The van der Waals surface area contributed by atoms with Crippen LogP contribution in [0.2, 0.25) is 0 Å². The predicted molar refractivity (Wildman–Crippen MR) is 115 cm³/mol. The first-order valence-corrected chi connectivity index (χ1v) is 10.5. The quantitative estimate of drug-likeness (QED) is 0.605. The van der Waals surface area contributed by atoms with Crippen LogP contribution in [0.3, 0.4) is 0 Å². The fraction of sp³-hybridized carbons (Fsp3) is 0.333. The molecule has 0 unspecified atom stereocenters. The fourth-order valence-electron chi connectivity index (χ4n) is 3.47. The first kappa shape index (κ1) is 20.2. The number of nitrogens with one attached hydrogen (secondary N) is 1. The van der Waals surface area contributed by atoms with E-state index in [9.17, 15) is 14.7 Å². The lowest BCUT2D eigenvalue weighted by Crippen LogP contribution is -2.34. The van der Waals surface area contributed by atoms with Crippen LogP contribution in [0.15, 0.2) is 36.5 Å².